The molecule has 1 aromatic heterocycles. The smallest absolute Gasteiger partial charge is 0.320 e. The second-order valence-corrected chi connectivity index (χ2v) is 11.3. The van der Waals surface area contributed by atoms with Crippen LogP contribution in [0.5, 0.6) is 0 Å². The Bertz CT molecular complexity index is 1200. The van der Waals surface area contributed by atoms with Gasteiger partial charge in [-0.1, -0.05) is 0 Å². The van der Waals surface area contributed by atoms with Gasteiger partial charge in [0.15, 0.2) is 0 Å². The summed E-state index contributed by atoms with van der Waals surface area (Å²) < 4.78 is 8.21. The van der Waals surface area contributed by atoms with Crippen molar-refractivity contribution in [2.24, 2.45) is 0 Å². The molecule has 2 aliphatic heterocycles. The number of hydrogen-bond donors (Lipinski definition) is 3. The van der Waals surface area contributed by atoms with Gasteiger partial charge in [0.1, 0.15) is 0 Å². The standard InChI is InChI=1S/C29H39N5O3S/c1-3-37-28(35)19-34-15-13-33(14-16-34)12-6-8-22-21-7-4-5-9-25(21)31-27(22)18-24-23-17-20(38-30-2)10-11-26(23)32-29(24)36/h10-11,17-18,30-31H,3-9,12-16,19H2,1-2H3,(H,32,36)/b24-18-. The van der Waals surface area contributed by atoms with E-state index in [4.69, 9.17) is 4.74 Å². The van der Waals surface area contributed by atoms with E-state index in [0.29, 0.717) is 13.2 Å². The van der Waals surface area contributed by atoms with Crippen LogP contribution in [0.3, 0.4) is 0 Å². The molecule has 3 aliphatic rings. The van der Waals surface area contributed by atoms with Crippen molar-refractivity contribution in [3.8, 4) is 0 Å². The Hall–Kier alpha value is -2.59. The summed E-state index contributed by atoms with van der Waals surface area (Å²) in [5.41, 5.74) is 7.88. The van der Waals surface area contributed by atoms with Crippen molar-refractivity contribution in [3.63, 3.8) is 0 Å². The number of carbonyl (C=O) groups is 2. The maximum atomic E-state index is 13.0. The van der Waals surface area contributed by atoms with Crippen molar-refractivity contribution in [3.05, 3.63) is 46.3 Å². The predicted octanol–water partition coefficient (Wildman–Crippen LogP) is 3.73. The zero-order valence-electron chi connectivity index (χ0n) is 22.5. The molecule has 1 fully saturated rings. The molecular formula is C29H39N5O3S. The van der Waals surface area contributed by atoms with Gasteiger partial charge in [0.2, 0.25) is 0 Å². The lowest BCUT2D eigenvalue weighted by molar-refractivity contribution is -0.144. The van der Waals surface area contributed by atoms with Gasteiger partial charge in [-0.15, -0.1) is 0 Å². The number of aromatic nitrogens is 1. The minimum absolute atomic E-state index is 0.0363. The van der Waals surface area contributed by atoms with E-state index < -0.39 is 0 Å². The normalized spacial score (nSPS) is 18.9. The molecule has 0 atom stereocenters. The van der Waals surface area contributed by atoms with E-state index in [1.807, 2.05) is 26.1 Å². The molecule has 38 heavy (non-hydrogen) atoms. The summed E-state index contributed by atoms with van der Waals surface area (Å²) in [6, 6.07) is 6.10. The van der Waals surface area contributed by atoms with E-state index in [1.54, 1.807) is 11.9 Å². The highest BCUT2D eigenvalue weighted by Gasteiger charge is 2.27. The monoisotopic (exact) mass is 537 g/mol. The molecule has 2 aromatic rings. The molecule has 3 N–H and O–H groups in total. The Balaban J connectivity index is 1.27. The molecule has 204 valence electrons. The fourth-order valence-electron chi connectivity index (χ4n) is 5.86. The number of benzene rings is 1. The van der Waals surface area contributed by atoms with Crippen molar-refractivity contribution < 1.29 is 14.3 Å². The van der Waals surface area contributed by atoms with Crippen LogP contribution in [-0.4, -0.2) is 79.6 Å². The lowest BCUT2D eigenvalue weighted by Gasteiger charge is -2.34. The Morgan fingerprint density at radius 1 is 1.16 bits per heavy atom. The number of nitrogens with one attached hydrogen (secondary N) is 3. The Morgan fingerprint density at radius 2 is 1.95 bits per heavy atom. The molecule has 8 nitrogen and oxygen atoms in total. The average Bonchev–Trinajstić information content (AvgIpc) is 3.42. The number of rotatable bonds is 10. The third-order valence-electron chi connectivity index (χ3n) is 7.75. The van der Waals surface area contributed by atoms with Crippen LogP contribution in [0.15, 0.2) is 23.1 Å². The number of aryl methyl sites for hydroxylation is 1. The van der Waals surface area contributed by atoms with E-state index in [9.17, 15) is 9.59 Å². The van der Waals surface area contributed by atoms with Crippen molar-refractivity contribution in [2.75, 3.05) is 58.2 Å². The highest BCUT2D eigenvalue weighted by Crippen LogP contribution is 2.37. The summed E-state index contributed by atoms with van der Waals surface area (Å²) in [6.07, 6.45) is 8.79. The fourth-order valence-corrected chi connectivity index (χ4v) is 6.41. The van der Waals surface area contributed by atoms with Gasteiger partial charge in [-0.2, -0.15) is 0 Å². The number of H-pyrrole nitrogens is 1. The van der Waals surface area contributed by atoms with E-state index in [2.05, 4.69) is 37.0 Å². The zero-order valence-corrected chi connectivity index (χ0v) is 23.3. The van der Waals surface area contributed by atoms with E-state index in [1.165, 1.54) is 29.7 Å². The summed E-state index contributed by atoms with van der Waals surface area (Å²) in [7, 11) is 1.90. The third-order valence-corrected chi connectivity index (χ3v) is 8.44. The van der Waals surface area contributed by atoms with Gasteiger partial charge in [0, 0.05) is 53.7 Å². The van der Waals surface area contributed by atoms with Gasteiger partial charge < -0.3 is 19.9 Å². The minimum Gasteiger partial charge on any atom is -0.465 e. The van der Waals surface area contributed by atoms with Gasteiger partial charge in [-0.05, 0) is 106 Å². The highest BCUT2D eigenvalue weighted by molar-refractivity contribution is 7.97. The third kappa shape index (κ3) is 6.17. The van der Waals surface area contributed by atoms with Crippen LogP contribution in [0.25, 0.3) is 11.6 Å². The number of hydrogen-bond acceptors (Lipinski definition) is 7. The SMILES string of the molecule is CCOC(=O)CN1CCN(CCCc2c(/C=C3\C(=O)Nc4ccc(SNC)cc43)[nH]c3c2CCCC3)CC1. The maximum Gasteiger partial charge on any atom is 0.320 e. The topological polar surface area (TPSA) is 89.7 Å². The molecule has 0 unspecified atom stereocenters. The Kier molecular flexibility index (Phi) is 8.89. The summed E-state index contributed by atoms with van der Waals surface area (Å²) in [6.45, 7) is 7.47. The van der Waals surface area contributed by atoms with E-state index in [0.717, 1.165) is 85.8 Å². The van der Waals surface area contributed by atoms with Crippen LogP contribution in [0, 0.1) is 0 Å². The second-order valence-electron chi connectivity index (χ2n) is 10.2. The van der Waals surface area contributed by atoms with Crippen LogP contribution in [-0.2, 0) is 33.6 Å². The second kappa shape index (κ2) is 12.5. The predicted molar refractivity (Wildman–Crippen MR) is 153 cm³/mol. The molecule has 0 bridgehead atoms. The molecule has 1 aliphatic carbocycles. The van der Waals surface area contributed by atoms with Crippen molar-refractivity contribution >= 4 is 41.2 Å². The minimum atomic E-state index is -0.129. The number of fused-ring (bicyclic) bond motifs is 2. The van der Waals surface area contributed by atoms with Crippen molar-refractivity contribution in [2.45, 2.75) is 50.3 Å². The average molecular weight is 538 g/mol. The van der Waals surface area contributed by atoms with Gasteiger partial charge >= 0.3 is 5.97 Å². The number of aromatic amines is 1. The first kappa shape index (κ1) is 27.0. The number of nitrogens with zero attached hydrogens (tertiary/aromatic N) is 2. The summed E-state index contributed by atoms with van der Waals surface area (Å²) >= 11 is 1.55. The van der Waals surface area contributed by atoms with Crippen molar-refractivity contribution in [1.82, 2.24) is 19.5 Å². The molecule has 1 amide bonds. The molecule has 0 spiro atoms. The molecule has 3 heterocycles. The zero-order chi connectivity index (χ0) is 26.5. The lowest BCUT2D eigenvalue weighted by atomic mass is 9.92. The number of piperazine rings is 1. The van der Waals surface area contributed by atoms with Crippen LogP contribution in [0.4, 0.5) is 5.69 Å². The van der Waals surface area contributed by atoms with Gasteiger partial charge in [0.25, 0.3) is 5.91 Å². The first-order valence-corrected chi connectivity index (χ1v) is 14.7. The first-order valence-electron chi connectivity index (χ1n) is 13.9. The summed E-state index contributed by atoms with van der Waals surface area (Å²) in [5, 5.41) is 3.04. The number of amides is 1. The van der Waals surface area contributed by atoms with E-state index >= 15 is 0 Å². The molecule has 5 rings (SSSR count). The number of anilines is 1. The quantitative estimate of drug-likeness (QED) is 0.242. The molecule has 9 heteroatoms. The van der Waals surface area contributed by atoms with Gasteiger partial charge in [-0.25, -0.2) is 0 Å². The lowest BCUT2D eigenvalue weighted by Crippen LogP contribution is -2.48. The van der Waals surface area contributed by atoms with Crippen LogP contribution >= 0.6 is 11.9 Å². The van der Waals surface area contributed by atoms with Crippen LogP contribution in [0.1, 0.15) is 54.3 Å². The highest BCUT2D eigenvalue weighted by atomic mass is 32.2. The fraction of sp³-hybridized carbons (Fsp3) is 0.517. The van der Waals surface area contributed by atoms with Crippen molar-refractivity contribution in [1.29, 1.82) is 0 Å². The molecule has 1 saturated heterocycles. The molecule has 1 aromatic carbocycles. The first-order chi connectivity index (χ1) is 18.6. The van der Waals surface area contributed by atoms with Gasteiger partial charge in [0.05, 0.1) is 18.7 Å². The molecular weight excluding hydrogens is 498 g/mol. The number of ether oxygens (including phenoxy) is 1. The largest absolute Gasteiger partial charge is 0.465 e. The Morgan fingerprint density at radius 3 is 2.74 bits per heavy atom. The Labute approximate surface area is 229 Å². The number of carbonyl (C=O) groups excluding carboxylic acids is 2. The van der Waals surface area contributed by atoms with Crippen LogP contribution < -0.4 is 10.0 Å². The molecule has 0 radical (unpaired) electrons. The number of esters is 1. The van der Waals surface area contributed by atoms with E-state index in [-0.39, 0.29) is 11.9 Å². The van der Waals surface area contributed by atoms with Crippen LogP contribution in [0.2, 0.25) is 0 Å². The molecule has 0 saturated carbocycles. The summed E-state index contributed by atoms with van der Waals surface area (Å²) in [4.78, 5) is 34.2. The van der Waals surface area contributed by atoms with Gasteiger partial charge in [-0.3, -0.25) is 19.2 Å². The summed E-state index contributed by atoms with van der Waals surface area (Å²) in [5.74, 6) is -0.166. The maximum absolute atomic E-state index is 13.0.